The number of phenols is 1. The van der Waals surface area contributed by atoms with Crippen LogP contribution in [0, 0.1) is 5.82 Å². The Kier molecular flexibility index (Phi) is 11.7. The molecule has 0 heterocycles. The van der Waals surface area contributed by atoms with Crippen molar-refractivity contribution in [3.8, 4) is 5.75 Å². The van der Waals surface area contributed by atoms with Crippen LogP contribution >= 0.6 is 11.6 Å². The molecule has 0 aliphatic carbocycles. The number of phenolic OH excluding ortho intramolecular Hbond substituents is 1. The van der Waals surface area contributed by atoms with Crippen molar-refractivity contribution < 1.29 is 38.1 Å². The van der Waals surface area contributed by atoms with Crippen LogP contribution in [0.2, 0.25) is 5.02 Å². The molecule has 0 bridgehead atoms. The van der Waals surface area contributed by atoms with Gasteiger partial charge in [-0.15, -0.1) is 0 Å². The maximum atomic E-state index is 14.0. The summed E-state index contributed by atoms with van der Waals surface area (Å²) in [6.07, 6.45) is -0.394. The smallest absolute Gasteiger partial charge is 0.328 e. The molecule has 3 N–H and O–H groups in total. The number of ether oxygens (including phenoxy) is 2. The summed E-state index contributed by atoms with van der Waals surface area (Å²) in [5.74, 6) is -4.01. The van der Waals surface area contributed by atoms with E-state index >= 15 is 0 Å². The fourth-order valence-corrected chi connectivity index (χ4v) is 3.84. The lowest BCUT2D eigenvalue weighted by Crippen LogP contribution is -2.55. The van der Waals surface area contributed by atoms with Gasteiger partial charge in [0.15, 0.2) is 11.6 Å². The number of aromatic hydroxyl groups is 1. The Labute approximate surface area is 232 Å². The molecule has 0 unspecified atom stereocenters. The topological polar surface area (TPSA) is 131 Å². The fourth-order valence-electron chi connectivity index (χ4n) is 3.72. The highest BCUT2D eigenvalue weighted by atomic mass is 35.5. The van der Waals surface area contributed by atoms with Crippen LogP contribution < -0.4 is 10.6 Å². The highest BCUT2D eigenvalue weighted by Crippen LogP contribution is 2.25. The Morgan fingerprint density at radius 3 is 2.21 bits per heavy atom. The molecule has 0 aliphatic heterocycles. The first kappa shape index (κ1) is 31.6. The Balaban J connectivity index is 2.32. The average Bonchev–Trinajstić information content (AvgIpc) is 2.88. The van der Waals surface area contributed by atoms with Crippen molar-refractivity contribution in [2.24, 2.45) is 0 Å². The van der Waals surface area contributed by atoms with E-state index in [1.54, 1.807) is 52.0 Å². The van der Waals surface area contributed by atoms with Gasteiger partial charge in [-0.1, -0.05) is 29.8 Å². The quantitative estimate of drug-likeness (QED) is 0.317. The molecule has 0 aliphatic rings. The zero-order valence-corrected chi connectivity index (χ0v) is 23.1. The molecule has 0 radical (unpaired) electrons. The Morgan fingerprint density at radius 1 is 0.974 bits per heavy atom. The van der Waals surface area contributed by atoms with Gasteiger partial charge >= 0.3 is 11.9 Å². The van der Waals surface area contributed by atoms with Crippen molar-refractivity contribution in [1.82, 2.24) is 10.6 Å². The summed E-state index contributed by atoms with van der Waals surface area (Å²) >= 11 is 5.97. The van der Waals surface area contributed by atoms with E-state index in [2.05, 4.69) is 10.6 Å². The van der Waals surface area contributed by atoms with E-state index < -0.39 is 52.8 Å². The molecule has 0 fully saturated rings. The number of amides is 2. The summed E-state index contributed by atoms with van der Waals surface area (Å²) in [7, 11) is 0. The van der Waals surface area contributed by atoms with Crippen LogP contribution in [0.25, 0.3) is 0 Å². The molecule has 2 aromatic carbocycles. The second kappa shape index (κ2) is 14.5. The standard InChI is InChI=1S/C28H34ClFN2O7/c1-5-38-24(34)14-12-21(26(36)39-6-2)31-25(35)22(16-17-7-13-23(33)20(30)15-17)32-27(37)28(3,4)18-8-10-19(29)11-9-18/h7-11,13,15,21-22,33H,5-6,12,14,16H2,1-4H3,(H,31,35)(H,32,37)/t21-,22+/m1/s1. The number of carbonyl (C=O) groups is 4. The van der Waals surface area contributed by atoms with Gasteiger partial charge in [-0.25, -0.2) is 9.18 Å². The minimum atomic E-state index is -1.24. The molecule has 212 valence electrons. The first-order valence-corrected chi connectivity index (χ1v) is 12.9. The molecule has 0 saturated heterocycles. The highest BCUT2D eigenvalue weighted by molar-refractivity contribution is 6.30. The number of halogens is 2. The molecule has 0 saturated carbocycles. The predicted molar refractivity (Wildman–Crippen MR) is 143 cm³/mol. The van der Waals surface area contributed by atoms with Crippen LogP contribution in [0.1, 0.15) is 51.7 Å². The molecular formula is C28H34ClFN2O7. The molecule has 2 amide bonds. The van der Waals surface area contributed by atoms with Gasteiger partial charge in [0, 0.05) is 17.9 Å². The largest absolute Gasteiger partial charge is 0.505 e. The van der Waals surface area contributed by atoms with E-state index in [-0.39, 0.29) is 32.5 Å². The number of benzene rings is 2. The Morgan fingerprint density at radius 2 is 1.62 bits per heavy atom. The summed E-state index contributed by atoms with van der Waals surface area (Å²) in [6, 6.07) is 7.84. The number of hydrogen-bond donors (Lipinski definition) is 3. The summed E-state index contributed by atoms with van der Waals surface area (Å²) in [5.41, 5.74) is -0.138. The third-order valence-corrected chi connectivity index (χ3v) is 6.29. The van der Waals surface area contributed by atoms with Gasteiger partial charge in [0.2, 0.25) is 11.8 Å². The highest BCUT2D eigenvalue weighted by Gasteiger charge is 2.34. The van der Waals surface area contributed by atoms with Crippen LogP contribution in [-0.2, 0) is 40.5 Å². The van der Waals surface area contributed by atoms with E-state index in [0.29, 0.717) is 16.1 Å². The zero-order valence-electron chi connectivity index (χ0n) is 22.4. The summed E-state index contributed by atoms with van der Waals surface area (Å²) in [5, 5.41) is 15.3. The molecule has 0 aromatic heterocycles. The van der Waals surface area contributed by atoms with Crippen molar-refractivity contribution >= 4 is 35.4 Å². The lowest BCUT2D eigenvalue weighted by Gasteiger charge is -2.28. The van der Waals surface area contributed by atoms with Crippen molar-refractivity contribution in [3.05, 3.63) is 64.4 Å². The fraction of sp³-hybridized carbons (Fsp3) is 0.429. The van der Waals surface area contributed by atoms with Crippen LogP contribution in [-0.4, -0.2) is 54.2 Å². The second-order valence-corrected chi connectivity index (χ2v) is 9.74. The van der Waals surface area contributed by atoms with Gasteiger partial charge in [0.25, 0.3) is 0 Å². The molecule has 11 heteroatoms. The number of hydrogen-bond acceptors (Lipinski definition) is 7. The first-order valence-electron chi connectivity index (χ1n) is 12.6. The molecule has 0 spiro atoms. The van der Waals surface area contributed by atoms with Gasteiger partial charge in [-0.05, 0) is 69.5 Å². The second-order valence-electron chi connectivity index (χ2n) is 9.30. The number of rotatable bonds is 13. The van der Waals surface area contributed by atoms with E-state index in [1.807, 2.05) is 0 Å². The van der Waals surface area contributed by atoms with Crippen molar-refractivity contribution in [2.75, 3.05) is 13.2 Å². The van der Waals surface area contributed by atoms with Crippen LogP contribution in [0.4, 0.5) is 4.39 Å². The van der Waals surface area contributed by atoms with E-state index in [4.69, 9.17) is 21.1 Å². The minimum Gasteiger partial charge on any atom is -0.505 e. The third kappa shape index (κ3) is 9.24. The number of nitrogens with one attached hydrogen (secondary N) is 2. The van der Waals surface area contributed by atoms with Crippen molar-refractivity contribution in [1.29, 1.82) is 0 Å². The van der Waals surface area contributed by atoms with Gasteiger partial charge in [-0.3, -0.25) is 14.4 Å². The van der Waals surface area contributed by atoms with Crippen molar-refractivity contribution in [3.63, 3.8) is 0 Å². The first-order chi connectivity index (χ1) is 18.4. The monoisotopic (exact) mass is 564 g/mol. The maximum Gasteiger partial charge on any atom is 0.328 e. The van der Waals surface area contributed by atoms with Crippen LogP contribution in [0.5, 0.6) is 5.75 Å². The summed E-state index contributed by atoms with van der Waals surface area (Å²) in [6.45, 7) is 6.79. The Bertz CT molecular complexity index is 1170. The summed E-state index contributed by atoms with van der Waals surface area (Å²) < 4.78 is 24.0. The number of carbonyl (C=O) groups excluding carboxylic acids is 4. The van der Waals surface area contributed by atoms with Crippen LogP contribution in [0.3, 0.4) is 0 Å². The van der Waals surface area contributed by atoms with Crippen molar-refractivity contribution in [2.45, 2.75) is 64.5 Å². The maximum absolute atomic E-state index is 14.0. The number of esters is 2. The minimum absolute atomic E-state index is 0.0485. The van der Waals surface area contributed by atoms with Crippen LogP contribution in [0.15, 0.2) is 42.5 Å². The molecule has 2 atom stereocenters. The molecule has 39 heavy (non-hydrogen) atoms. The SMILES string of the molecule is CCOC(=O)CC[C@@H](NC(=O)[C@H](Cc1ccc(O)c(F)c1)NC(=O)C(C)(C)c1ccc(Cl)cc1)C(=O)OCC. The van der Waals surface area contributed by atoms with Gasteiger partial charge < -0.3 is 25.2 Å². The lowest BCUT2D eigenvalue weighted by atomic mass is 9.83. The lowest BCUT2D eigenvalue weighted by molar-refractivity contribution is -0.149. The van der Waals surface area contributed by atoms with Gasteiger partial charge in [-0.2, -0.15) is 0 Å². The van der Waals surface area contributed by atoms with Gasteiger partial charge in [0.05, 0.1) is 18.6 Å². The molecule has 9 nitrogen and oxygen atoms in total. The molecular weight excluding hydrogens is 531 g/mol. The average molecular weight is 565 g/mol. The van der Waals surface area contributed by atoms with E-state index in [0.717, 1.165) is 12.1 Å². The third-order valence-electron chi connectivity index (χ3n) is 6.04. The Hall–Kier alpha value is -3.66. The van der Waals surface area contributed by atoms with Gasteiger partial charge in [0.1, 0.15) is 12.1 Å². The predicted octanol–water partition coefficient (Wildman–Crippen LogP) is 3.58. The summed E-state index contributed by atoms with van der Waals surface area (Å²) in [4.78, 5) is 51.2. The van der Waals surface area contributed by atoms with E-state index in [1.165, 1.54) is 6.07 Å². The molecule has 2 aromatic rings. The zero-order chi connectivity index (χ0) is 29.2. The molecule has 2 rings (SSSR count). The van der Waals surface area contributed by atoms with E-state index in [9.17, 15) is 28.7 Å². The normalized spacial score (nSPS) is 12.7.